The molecule has 2 atom stereocenters. The zero-order chi connectivity index (χ0) is 15.6. The standard InChI is InChI=1S/C12H22N2O5S/c1-4-9(11(16)17)14(3)7-10(15)13-12(2)5-6-20(18,19)8-12/h9H,4-8H2,1-3H3,(H,13,15)(H,16,17). The minimum Gasteiger partial charge on any atom is -0.480 e. The van der Waals surface area contributed by atoms with Gasteiger partial charge in [0, 0.05) is 0 Å². The number of sulfone groups is 1. The maximum atomic E-state index is 11.9. The molecule has 1 saturated heterocycles. The quantitative estimate of drug-likeness (QED) is 0.684. The molecule has 0 bridgehead atoms. The van der Waals surface area contributed by atoms with Gasteiger partial charge >= 0.3 is 5.97 Å². The monoisotopic (exact) mass is 306 g/mol. The highest BCUT2D eigenvalue weighted by Gasteiger charge is 2.39. The zero-order valence-corrected chi connectivity index (χ0v) is 12.9. The maximum absolute atomic E-state index is 11.9. The molecule has 1 amide bonds. The third kappa shape index (κ3) is 4.45. The van der Waals surface area contributed by atoms with Gasteiger partial charge in [-0.15, -0.1) is 0 Å². The molecule has 8 heteroatoms. The number of amides is 1. The molecule has 116 valence electrons. The van der Waals surface area contributed by atoms with Gasteiger partial charge in [-0.1, -0.05) is 6.92 Å². The summed E-state index contributed by atoms with van der Waals surface area (Å²) in [7, 11) is -1.52. The molecule has 0 aromatic rings. The van der Waals surface area contributed by atoms with Crippen molar-refractivity contribution >= 4 is 21.7 Å². The molecule has 1 heterocycles. The minimum atomic E-state index is -3.08. The Balaban J connectivity index is 2.58. The van der Waals surface area contributed by atoms with Crippen molar-refractivity contribution in [2.45, 2.75) is 38.3 Å². The van der Waals surface area contributed by atoms with Gasteiger partial charge in [-0.25, -0.2) is 8.42 Å². The van der Waals surface area contributed by atoms with Crippen LogP contribution >= 0.6 is 0 Å². The molecule has 0 saturated carbocycles. The summed E-state index contributed by atoms with van der Waals surface area (Å²) in [5, 5.41) is 11.7. The minimum absolute atomic E-state index is 0.0639. The molecular formula is C12H22N2O5S. The summed E-state index contributed by atoms with van der Waals surface area (Å²) in [5.74, 6) is -1.32. The lowest BCUT2D eigenvalue weighted by atomic mass is 10.0. The van der Waals surface area contributed by atoms with Crippen molar-refractivity contribution in [2.24, 2.45) is 0 Å². The second kappa shape index (κ2) is 6.09. The fourth-order valence-corrected chi connectivity index (χ4v) is 4.59. The maximum Gasteiger partial charge on any atom is 0.320 e. The van der Waals surface area contributed by atoms with Crippen molar-refractivity contribution in [1.29, 1.82) is 0 Å². The average molecular weight is 306 g/mol. The smallest absolute Gasteiger partial charge is 0.320 e. The van der Waals surface area contributed by atoms with Crippen molar-refractivity contribution < 1.29 is 23.1 Å². The second-order valence-electron chi connectivity index (χ2n) is 5.63. The highest BCUT2D eigenvalue weighted by molar-refractivity contribution is 7.91. The summed E-state index contributed by atoms with van der Waals surface area (Å²) >= 11 is 0. The molecule has 2 unspecified atom stereocenters. The Kier molecular flexibility index (Phi) is 5.15. The van der Waals surface area contributed by atoms with Crippen molar-refractivity contribution in [3.63, 3.8) is 0 Å². The van der Waals surface area contributed by atoms with E-state index in [0.717, 1.165) is 0 Å². The van der Waals surface area contributed by atoms with E-state index in [1.165, 1.54) is 4.90 Å². The number of carboxylic acid groups (broad SMARTS) is 1. The second-order valence-corrected chi connectivity index (χ2v) is 7.81. The fourth-order valence-electron chi connectivity index (χ4n) is 2.50. The van der Waals surface area contributed by atoms with E-state index >= 15 is 0 Å². The number of rotatable bonds is 6. The number of carbonyl (C=O) groups excluding carboxylic acids is 1. The number of carbonyl (C=O) groups is 2. The molecule has 7 nitrogen and oxygen atoms in total. The van der Waals surface area contributed by atoms with Crippen molar-refractivity contribution in [2.75, 3.05) is 25.1 Å². The van der Waals surface area contributed by atoms with Crippen LogP contribution < -0.4 is 5.32 Å². The van der Waals surface area contributed by atoms with Crippen LogP contribution in [0.4, 0.5) is 0 Å². The van der Waals surface area contributed by atoms with Crippen LogP contribution in [0.15, 0.2) is 0 Å². The number of likely N-dealkylation sites (N-methyl/N-ethyl adjacent to an activating group) is 1. The Labute approximate surface area is 119 Å². The molecule has 0 aromatic carbocycles. The van der Waals surface area contributed by atoms with E-state index < -0.39 is 27.4 Å². The first-order chi connectivity index (χ1) is 9.08. The highest BCUT2D eigenvalue weighted by atomic mass is 32.2. The molecule has 0 aromatic heterocycles. The lowest BCUT2D eigenvalue weighted by Crippen LogP contribution is -2.51. The van der Waals surface area contributed by atoms with Crippen LogP contribution in [0.5, 0.6) is 0 Å². The van der Waals surface area contributed by atoms with E-state index in [4.69, 9.17) is 5.11 Å². The molecule has 1 aliphatic rings. The number of aliphatic carboxylic acids is 1. The zero-order valence-electron chi connectivity index (χ0n) is 12.0. The molecule has 2 N–H and O–H groups in total. The molecule has 0 spiro atoms. The number of hydrogen-bond acceptors (Lipinski definition) is 5. The predicted molar refractivity (Wildman–Crippen MR) is 74.2 cm³/mol. The van der Waals surface area contributed by atoms with Gasteiger partial charge in [0.15, 0.2) is 9.84 Å². The number of carboxylic acids is 1. The fraction of sp³-hybridized carbons (Fsp3) is 0.833. The van der Waals surface area contributed by atoms with E-state index in [2.05, 4.69) is 5.32 Å². The number of hydrogen-bond donors (Lipinski definition) is 2. The molecule has 1 fully saturated rings. The lowest BCUT2D eigenvalue weighted by Gasteiger charge is -2.27. The third-order valence-corrected chi connectivity index (χ3v) is 5.44. The SMILES string of the molecule is CCC(C(=O)O)N(C)CC(=O)NC1(C)CCS(=O)(=O)C1. The van der Waals surface area contributed by atoms with Gasteiger partial charge < -0.3 is 10.4 Å². The van der Waals surface area contributed by atoms with Gasteiger partial charge in [-0.3, -0.25) is 14.5 Å². The van der Waals surface area contributed by atoms with E-state index in [1.807, 2.05) is 0 Å². The summed E-state index contributed by atoms with van der Waals surface area (Å²) < 4.78 is 22.9. The van der Waals surface area contributed by atoms with E-state index in [-0.39, 0.29) is 24.0 Å². The molecule has 0 aliphatic carbocycles. The van der Waals surface area contributed by atoms with Crippen LogP contribution in [0.2, 0.25) is 0 Å². The molecule has 1 rings (SSSR count). The molecule has 0 radical (unpaired) electrons. The highest BCUT2D eigenvalue weighted by Crippen LogP contribution is 2.22. The largest absolute Gasteiger partial charge is 0.480 e. The molecule has 1 aliphatic heterocycles. The van der Waals surface area contributed by atoms with Crippen LogP contribution in [-0.2, 0) is 19.4 Å². The Bertz CT molecular complexity index is 490. The van der Waals surface area contributed by atoms with Crippen LogP contribution in [0.1, 0.15) is 26.7 Å². The van der Waals surface area contributed by atoms with Gasteiger partial charge in [0.2, 0.25) is 5.91 Å². The summed E-state index contributed by atoms with van der Waals surface area (Å²) in [6, 6.07) is -0.721. The van der Waals surface area contributed by atoms with Crippen molar-refractivity contribution in [3.8, 4) is 0 Å². The summed E-state index contributed by atoms with van der Waals surface area (Å²) in [4.78, 5) is 24.4. The van der Waals surface area contributed by atoms with E-state index in [9.17, 15) is 18.0 Å². The van der Waals surface area contributed by atoms with E-state index in [0.29, 0.717) is 12.8 Å². The lowest BCUT2D eigenvalue weighted by molar-refractivity contribution is -0.143. The summed E-state index contributed by atoms with van der Waals surface area (Å²) in [6.45, 7) is 3.36. The van der Waals surface area contributed by atoms with Gasteiger partial charge in [-0.05, 0) is 26.8 Å². The summed E-state index contributed by atoms with van der Waals surface area (Å²) in [5.41, 5.74) is -0.748. The van der Waals surface area contributed by atoms with Crippen LogP contribution in [0, 0.1) is 0 Å². The predicted octanol–water partition coefficient (Wildman–Crippen LogP) is -0.525. The first-order valence-corrected chi connectivity index (χ1v) is 8.35. The Morgan fingerprint density at radius 3 is 2.45 bits per heavy atom. The Morgan fingerprint density at radius 2 is 2.05 bits per heavy atom. The molecule has 20 heavy (non-hydrogen) atoms. The van der Waals surface area contributed by atoms with Crippen molar-refractivity contribution in [3.05, 3.63) is 0 Å². The Hall–Kier alpha value is -1.15. The third-order valence-electron chi connectivity index (χ3n) is 3.54. The average Bonchev–Trinajstić information content (AvgIpc) is 2.52. The van der Waals surface area contributed by atoms with Gasteiger partial charge in [0.25, 0.3) is 0 Å². The molecular weight excluding hydrogens is 284 g/mol. The van der Waals surface area contributed by atoms with Gasteiger partial charge in [0.1, 0.15) is 6.04 Å². The van der Waals surface area contributed by atoms with Crippen LogP contribution in [0.25, 0.3) is 0 Å². The van der Waals surface area contributed by atoms with Gasteiger partial charge in [0.05, 0.1) is 23.6 Å². The normalized spacial score (nSPS) is 26.4. The van der Waals surface area contributed by atoms with Gasteiger partial charge in [-0.2, -0.15) is 0 Å². The summed E-state index contributed by atoms with van der Waals surface area (Å²) in [6.07, 6.45) is 0.783. The number of nitrogens with one attached hydrogen (secondary N) is 1. The van der Waals surface area contributed by atoms with Crippen molar-refractivity contribution in [1.82, 2.24) is 10.2 Å². The topological polar surface area (TPSA) is 104 Å². The first kappa shape index (κ1) is 16.9. The van der Waals surface area contributed by atoms with Crippen LogP contribution in [0.3, 0.4) is 0 Å². The Morgan fingerprint density at radius 1 is 1.45 bits per heavy atom. The first-order valence-electron chi connectivity index (χ1n) is 6.53. The van der Waals surface area contributed by atoms with E-state index in [1.54, 1.807) is 20.9 Å². The van der Waals surface area contributed by atoms with Crippen LogP contribution in [-0.4, -0.2) is 67.0 Å². The number of nitrogens with zero attached hydrogens (tertiary/aromatic N) is 1.